The van der Waals surface area contributed by atoms with Crippen LogP contribution in [0.1, 0.15) is 56.6 Å². The van der Waals surface area contributed by atoms with Crippen molar-refractivity contribution in [1.82, 2.24) is 4.57 Å². The van der Waals surface area contributed by atoms with Gasteiger partial charge >= 0.3 is 5.97 Å². The van der Waals surface area contributed by atoms with Crippen LogP contribution in [0.3, 0.4) is 0 Å². The predicted octanol–water partition coefficient (Wildman–Crippen LogP) is 3.66. The summed E-state index contributed by atoms with van der Waals surface area (Å²) in [7, 11) is 0. The molecular weight excluding hydrogens is 318 g/mol. The third-order valence-electron chi connectivity index (χ3n) is 7.41. The zero-order valence-corrected chi connectivity index (χ0v) is 15.4. The van der Waals surface area contributed by atoms with E-state index in [9.17, 15) is 15.0 Å². The minimum absolute atomic E-state index is 0.0532. The van der Waals surface area contributed by atoms with Crippen LogP contribution in [0.5, 0.6) is 11.8 Å². The molecule has 4 saturated carbocycles. The summed E-state index contributed by atoms with van der Waals surface area (Å²) in [5.41, 5.74) is 0.864. The summed E-state index contributed by atoms with van der Waals surface area (Å²) >= 11 is 0. The number of rotatable bonds is 4. The van der Waals surface area contributed by atoms with Crippen molar-refractivity contribution in [2.24, 2.45) is 23.7 Å². The summed E-state index contributed by atoms with van der Waals surface area (Å²) in [5.74, 6) is 2.15. The average Bonchev–Trinajstić information content (AvgIpc) is 2.75. The Labute approximate surface area is 149 Å². The van der Waals surface area contributed by atoms with E-state index < -0.39 is 0 Å². The number of aromatic nitrogens is 1. The maximum atomic E-state index is 12.7. The number of carbonyl (C=O) groups excluding carboxylic acids is 1. The van der Waals surface area contributed by atoms with Crippen LogP contribution in [0, 0.1) is 37.5 Å². The smallest absolute Gasteiger partial charge is 0.326 e. The molecule has 5 heteroatoms. The summed E-state index contributed by atoms with van der Waals surface area (Å²) < 4.78 is 7.40. The largest absolute Gasteiger partial charge is 0.494 e. The quantitative estimate of drug-likeness (QED) is 0.815. The Morgan fingerprint density at radius 2 is 1.52 bits per heavy atom. The molecule has 0 unspecified atom stereocenters. The first-order valence-electron chi connectivity index (χ1n) is 9.65. The van der Waals surface area contributed by atoms with Crippen molar-refractivity contribution in [3.05, 3.63) is 11.1 Å². The maximum absolute atomic E-state index is 12.7. The highest BCUT2D eigenvalue weighted by molar-refractivity contribution is 5.71. The summed E-state index contributed by atoms with van der Waals surface area (Å²) in [6.45, 7) is 5.46. The number of ether oxygens (including phenoxy) is 1. The minimum Gasteiger partial charge on any atom is -0.494 e. The highest BCUT2D eigenvalue weighted by Gasteiger charge is 2.58. The molecule has 4 aliphatic rings. The normalized spacial score (nSPS) is 36.0. The fourth-order valence-corrected chi connectivity index (χ4v) is 6.16. The number of hydrogen-bond acceptors (Lipinski definition) is 4. The van der Waals surface area contributed by atoms with E-state index in [0.29, 0.717) is 23.0 Å². The van der Waals surface area contributed by atoms with Crippen molar-refractivity contribution < 1.29 is 19.7 Å². The molecule has 4 bridgehead atoms. The molecular formula is C20H29NO4. The van der Waals surface area contributed by atoms with Gasteiger partial charge in [-0.25, -0.2) is 0 Å². The molecule has 0 atom stereocenters. The third-order valence-corrected chi connectivity index (χ3v) is 7.41. The molecule has 0 amide bonds. The molecule has 4 fully saturated rings. The molecule has 1 aromatic rings. The SMILES string of the molecule is CCC1(OC(=O)Cn2c(O)c(C)c(C)c2O)C2CC3CC(C2)CC1C3. The number of hydrogen-bond donors (Lipinski definition) is 2. The van der Waals surface area contributed by atoms with Gasteiger partial charge in [-0.05, 0) is 76.0 Å². The lowest BCUT2D eigenvalue weighted by molar-refractivity contribution is -0.211. The summed E-state index contributed by atoms with van der Waals surface area (Å²) in [4.78, 5) is 12.7. The molecule has 0 spiro atoms. The number of carbonyl (C=O) groups is 1. The van der Waals surface area contributed by atoms with Gasteiger partial charge in [0.15, 0.2) is 11.8 Å². The van der Waals surface area contributed by atoms with Crippen molar-refractivity contribution in [3.63, 3.8) is 0 Å². The first-order valence-corrected chi connectivity index (χ1v) is 9.65. The Balaban J connectivity index is 1.55. The Morgan fingerprint density at radius 3 is 1.96 bits per heavy atom. The first-order chi connectivity index (χ1) is 11.9. The van der Waals surface area contributed by atoms with Crippen molar-refractivity contribution >= 4 is 5.97 Å². The van der Waals surface area contributed by atoms with Gasteiger partial charge in [0, 0.05) is 11.1 Å². The van der Waals surface area contributed by atoms with Crippen LogP contribution in [0.25, 0.3) is 0 Å². The van der Waals surface area contributed by atoms with E-state index in [1.807, 2.05) is 0 Å². The van der Waals surface area contributed by atoms with Gasteiger partial charge in [0.25, 0.3) is 0 Å². The van der Waals surface area contributed by atoms with Crippen molar-refractivity contribution in [2.45, 2.75) is 71.4 Å². The van der Waals surface area contributed by atoms with Crippen molar-refractivity contribution in [2.75, 3.05) is 0 Å². The molecule has 0 aliphatic heterocycles. The first kappa shape index (κ1) is 16.8. The van der Waals surface area contributed by atoms with Crippen molar-refractivity contribution in [3.8, 4) is 11.8 Å². The van der Waals surface area contributed by atoms with Gasteiger partial charge in [-0.1, -0.05) is 6.92 Å². The molecule has 5 nitrogen and oxygen atoms in total. The molecule has 138 valence electrons. The van der Waals surface area contributed by atoms with E-state index >= 15 is 0 Å². The number of esters is 1. The maximum Gasteiger partial charge on any atom is 0.326 e. The van der Waals surface area contributed by atoms with Gasteiger partial charge in [0.2, 0.25) is 0 Å². The van der Waals surface area contributed by atoms with Crippen LogP contribution in [-0.4, -0.2) is 26.4 Å². The van der Waals surface area contributed by atoms with E-state index in [1.165, 1.54) is 36.7 Å². The van der Waals surface area contributed by atoms with Crippen LogP contribution in [0.2, 0.25) is 0 Å². The Bertz CT molecular complexity index is 652. The fourth-order valence-electron chi connectivity index (χ4n) is 6.16. The van der Waals surface area contributed by atoms with Crippen LogP contribution in [0.4, 0.5) is 0 Å². The topological polar surface area (TPSA) is 71.7 Å². The van der Waals surface area contributed by atoms with Crippen LogP contribution < -0.4 is 0 Å². The highest BCUT2D eigenvalue weighted by atomic mass is 16.6. The molecule has 5 rings (SSSR count). The second-order valence-corrected chi connectivity index (χ2v) is 8.57. The van der Waals surface area contributed by atoms with E-state index in [2.05, 4.69) is 6.92 Å². The van der Waals surface area contributed by atoms with Crippen molar-refractivity contribution in [1.29, 1.82) is 0 Å². The Morgan fingerprint density at radius 1 is 1.04 bits per heavy atom. The summed E-state index contributed by atoms with van der Waals surface area (Å²) in [6, 6.07) is 0. The van der Waals surface area contributed by atoms with Gasteiger partial charge in [0.05, 0.1) is 0 Å². The van der Waals surface area contributed by atoms with E-state index in [1.54, 1.807) is 13.8 Å². The Hall–Kier alpha value is -1.65. The lowest BCUT2D eigenvalue weighted by atomic mass is 9.49. The molecule has 1 aromatic heterocycles. The highest BCUT2D eigenvalue weighted by Crippen LogP contribution is 2.60. The van der Waals surface area contributed by atoms with Gasteiger partial charge < -0.3 is 14.9 Å². The minimum atomic E-state index is -0.352. The van der Waals surface area contributed by atoms with Gasteiger partial charge in [0.1, 0.15) is 12.1 Å². The third kappa shape index (κ3) is 2.38. The monoisotopic (exact) mass is 347 g/mol. The molecule has 2 N–H and O–H groups in total. The molecule has 4 aliphatic carbocycles. The fraction of sp³-hybridized carbons (Fsp3) is 0.750. The lowest BCUT2D eigenvalue weighted by Gasteiger charge is -2.60. The lowest BCUT2D eigenvalue weighted by Crippen LogP contribution is -2.59. The molecule has 1 heterocycles. The van der Waals surface area contributed by atoms with E-state index in [0.717, 1.165) is 18.3 Å². The van der Waals surface area contributed by atoms with Gasteiger partial charge in [-0.2, -0.15) is 0 Å². The van der Waals surface area contributed by atoms with E-state index in [-0.39, 0.29) is 29.9 Å². The van der Waals surface area contributed by atoms with Gasteiger partial charge in [-0.3, -0.25) is 9.36 Å². The van der Waals surface area contributed by atoms with Crippen LogP contribution in [-0.2, 0) is 16.1 Å². The molecule has 0 saturated heterocycles. The summed E-state index contributed by atoms with van der Waals surface area (Å²) in [6.07, 6.45) is 6.97. The molecule has 25 heavy (non-hydrogen) atoms. The molecule has 0 aromatic carbocycles. The van der Waals surface area contributed by atoms with Crippen LogP contribution in [0.15, 0.2) is 0 Å². The summed E-state index contributed by atoms with van der Waals surface area (Å²) in [5, 5.41) is 20.3. The number of nitrogens with zero attached hydrogens (tertiary/aromatic N) is 1. The predicted molar refractivity (Wildman–Crippen MR) is 93.4 cm³/mol. The Kier molecular flexibility index (Phi) is 3.82. The second kappa shape index (κ2) is 5.68. The standard InChI is InChI=1S/C20H29NO4/c1-4-20(15-6-13-5-14(8-15)9-16(20)7-13)25-17(22)10-21-18(23)11(2)12(3)19(21)24/h13-16,23-24H,4-10H2,1-3H3. The second-order valence-electron chi connectivity index (χ2n) is 8.57. The zero-order chi connectivity index (χ0) is 17.9. The molecule has 0 radical (unpaired) electrons. The van der Waals surface area contributed by atoms with E-state index in [4.69, 9.17) is 4.74 Å². The van der Waals surface area contributed by atoms with Gasteiger partial charge in [-0.15, -0.1) is 0 Å². The average molecular weight is 347 g/mol. The zero-order valence-electron chi connectivity index (χ0n) is 15.4. The van der Waals surface area contributed by atoms with Crippen LogP contribution >= 0.6 is 0 Å². The number of aromatic hydroxyl groups is 2.